The Labute approximate surface area is 129 Å². The standard InChI is InChI=1S/C17H21NO2S/c1-2-13-5-7-14(8-6-13)9-10-17(20)18-12-15(19)16-4-3-11-21-16/h3-8,11,15,19H,2,9-10,12H2,1H3,(H,18,20). The van der Waals surface area contributed by atoms with Crippen LogP contribution in [0.5, 0.6) is 0 Å². The summed E-state index contributed by atoms with van der Waals surface area (Å²) < 4.78 is 0. The fraction of sp³-hybridized carbons (Fsp3) is 0.353. The zero-order valence-corrected chi connectivity index (χ0v) is 13.0. The van der Waals surface area contributed by atoms with Gasteiger partial charge in [-0.15, -0.1) is 11.3 Å². The minimum atomic E-state index is -0.613. The van der Waals surface area contributed by atoms with Crippen LogP contribution >= 0.6 is 11.3 Å². The Morgan fingerprint density at radius 1 is 1.24 bits per heavy atom. The normalized spacial score (nSPS) is 12.1. The predicted molar refractivity (Wildman–Crippen MR) is 86.4 cm³/mol. The Bertz CT molecular complexity index is 549. The maximum atomic E-state index is 11.8. The molecule has 2 N–H and O–H groups in total. The van der Waals surface area contributed by atoms with Crippen LogP contribution in [0.15, 0.2) is 41.8 Å². The van der Waals surface area contributed by atoms with Gasteiger partial charge in [-0.25, -0.2) is 0 Å². The minimum absolute atomic E-state index is 0.0230. The van der Waals surface area contributed by atoms with Crippen molar-refractivity contribution in [3.8, 4) is 0 Å². The number of aliphatic hydroxyl groups is 1. The van der Waals surface area contributed by atoms with Gasteiger partial charge in [-0.2, -0.15) is 0 Å². The number of carbonyl (C=O) groups excluding carboxylic acids is 1. The van der Waals surface area contributed by atoms with Gasteiger partial charge in [0.25, 0.3) is 0 Å². The van der Waals surface area contributed by atoms with Crippen molar-refractivity contribution in [3.63, 3.8) is 0 Å². The monoisotopic (exact) mass is 303 g/mol. The number of hydrogen-bond donors (Lipinski definition) is 2. The molecule has 0 fully saturated rings. The highest BCUT2D eigenvalue weighted by atomic mass is 32.1. The first-order chi connectivity index (χ1) is 10.2. The number of carbonyl (C=O) groups is 1. The first-order valence-electron chi connectivity index (χ1n) is 7.25. The van der Waals surface area contributed by atoms with Crippen LogP contribution < -0.4 is 5.32 Å². The molecule has 2 rings (SSSR count). The van der Waals surface area contributed by atoms with E-state index < -0.39 is 6.10 Å². The smallest absolute Gasteiger partial charge is 0.220 e. The number of amides is 1. The first kappa shape index (κ1) is 15.7. The number of nitrogens with one attached hydrogen (secondary N) is 1. The summed E-state index contributed by atoms with van der Waals surface area (Å²) in [5.41, 5.74) is 2.48. The summed E-state index contributed by atoms with van der Waals surface area (Å²) in [6.45, 7) is 2.40. The van der Waals surface area contributed by atoms with Crippen molar-refractivity contribution in [2.75, 3.05) is 6.54 Å². The number of hydrogen-bond acceptors (Lipinski definition) is 3. The van der Waals surface area contributed by atoms with Crippen molar-refractivity contribution >= 4 is 17.2 Å². The molecule has 0 radical (unpaired) electrons. The van der Waals surface area contributed by atoms with E-state index in [1.807, 2.05) is 17.5 Å². The van der Waals surface area contributed by atoms with Crippen LogP contribution in [0.4, 0.5) is 0 Å². The van der Waals surface area contributed by atoms with Gasteiger partial charge in [-0.05, 0) is 35.4 Å². The van der Waals surface area contributed by atoms with Crippen molar-refractivity contribution in [2.24, 2.45) is 0 Å². The summed E-state index contributed by atoms with van der Waals surface area (Å²) in [5.74, 6) is -0.0230. The molecule has 1 heterocycles. The Kier molecular flexibility index (Phi) is 5.96. The molecule has 0 bridgehead atoms. The lowest BCUT2D eigenvalue weighted by Crippen LogP contribution is -2.28. The third kappa shape index (κ3) is 4.99. The molecule has 21 heavy (non-hydrogen) atoms. The highest BCUT2D eigenvalue weighted by Gasteiger charge is 2.10. The lowest BCUT2D eigenvalue weighted by atomic mass is 10.1. The van der Waals surface area contributed by atoms with Crippen LogP contribution in [-0.2, 0) is 17.6 Å². The molecule has 0 saturated heterocycles. The molecule has 1 atom stereocenters. The average Bonchev–Trinajstić information content (AvgIpc) is 3.05. The molecule has 0 spiro atoms. The van der Waals surface area contributed by atoms with E-state index in [-0.39, 0.29) is 12.5 Å². The van der Waals surface area contributed by atoms with Gasteiger partial charge in [0.1, 0.15) is 6.10 Å². The van der Waals surface area contributed by atoms with Crippen LogP contribution in [0.25, 0.3) is 0 Å². The highest BCUT2D eigenvalue weighted by Crippen LogP contribution is 2.17. The fourth-order valence-electron chi connectivity index (χ4n) is 2.08. The van der Waals surface area contributed by atoms with Gasteiger partial charge < -0.3 is 10.4 Å². The van der Waals surface area contributed by atoms with Gasteiger partial charge in [0.2, 0.25) is 5.91 Å². The van der Waals surface area contributed by atoms with Crippen molar-refractivity contribution in [2.45, 2.75) is 32.3 Å². The highest BCUT2D eigenvalue weighted by molar-refractivity contribution is 7.10. The first-order valence-corrected chi connectivity index (χ1v) is 8.13. The Hall–Kier alpha value is -1.65. The molecule has 1 unspecified atom stereocenters. The molecule has 0 saturated carbocycles. The van der Waals surface area contributed by atoms with Crippen molar-refractivity contribution in [1.29, 1.82) is 0 Å². The van der Waals surface area contributed by atoms with E-state index in [1.165, 1.54) is 22.5 Å². The largest absolute Gasteiger partial charge is 0.386 e. The van der Waals surface area contributed by atoms with Gasteiger partial charge in [-0.1, -0.05) is 37.3 Å². The second-order valence-corrected chi connectivity index (χ2v) is 5.98. The van der Waals surface area contributed by atoms with Crippen molar-refractivity contribution < 1.29 is 9.90 Å². The zero-order valence-electron chi connectivity index (χ0n) is 12.2. The van der Waals surface area contributed by atoms with Crippen LogP contribution in [0.3, 0.4) is 0 Å². The molecular formula is C17H21NO2S. The summed E-state index contributed by atoms with van der Waals surface area (Å²) in [4.78, 5) is 12.7. The van der Waals surface area contributed by atoms with Gasteiger partial charge >= 0.3 is 0 Å². The second kappa shape index (κ2) is 7.96. The van der Waals surface area contributed by atoms with E-state index in [0.29, 0.717) is 6.42 Å². The maximum Gasteiger partial charge on any atom is 0.220 e. The Balaban J connectivity index is 1.71. The molecule has 1 aromatic heterocycles. The van der Waals surface area contributed by atoms with Crippen LogP contribution in [0.1, 0.15) is 35.5 Å². The molecule has 1 amide bonds. The van der Waals surface area contributed by atoms with Gasteiger partial charge in [0.15, 0.2) is 0 Å². The van der Waals surface area contributed by atoms with Crippen molar-refractivity contribution in [1.82, 2.24) is 5.32 Å². The summed E-state index contributed by atoms with van der Waals surface area (Å²) in [6, 6.07) is 12.1. The molecular weight excluding hydrogens is 282 g/mol. The van der Waals surface area contributed by atoms with Gasteiger partial charge in [0.05, 0.1) is 0 Å². The van der Waals surface area contributed by atoms with E-state index >= 15 is 0 Å². The van der Waals surface area contributed by atoms with E-state index in [0.717, 1.165) is 17.7 Å². The molecule has 0 aliphatic rings. The average molecular weight is 303 g/mol. The number of benzene rings is 1. The van der Waals surface area contributed by atoms with Crippen LogP contribution in [0.2, 0.25) is 0 Å². The topological polar surface area (TPSA) is 49.3 Å². The molecule has 2 aromatic rings. The third-order valence-corrected chi connectivity index (χ3v) is 4.41. The van der Waals surface area contributed by atoms with Gasteiger partial charge in [0, 0.05) is 17.8 Å². The molecule has 4 heteroatoms. The maximum absolute atomic E-state index is 11.8. The molecule has 0 aliphatic heterocycles. The second-order valence-electron chi connectivity index (χ2n) is 5.01. The summed E-state index contributed by atoms with van der Waals surface area (Å²) >= 11 is 1.50. The SMILES string of the molecule is CCc1ccc(CCC(=O)NCC(O)c2cccs2)cc1. The summed E-state index contributed by atoms with van der Waals surface area (Å²) in [7, 11) is 0. The summed E-state index contributed by atoms with van der Waals surface area (Å²) in [5, 5.41) is 14.6. The zero-order chi connectivity index (χ0) is 15.1. The van der Waals surface area contributed by atoms with E-state index in [9.17, 15) is 9.90 Å². The number of thiophene rings is 1. The quantitative estimate of drug-likeness (QED) is 0.826. The van der Waals surface area contributed by atoms with Crippen molar-refractivity contribution in [3.05, 3.63) is 57.8 Å². The summed E-state index contributed by atoms with van der Waals surface area (Å²) in [6.07, 6.45) is 1.59. The predicted octanol–water partition coefficient (Wildman–Crippen LogP) is 3.09. The number of aliphatic hydroxyl groups excluding tert-OH is 1. The van der Waals surface area contributed by atoms with Gasteiger partial charge in [-0.3, -0.25) is 4.79 Å². The molecule has 3 nitrogen and oxygen atoms in total. The van der Waals surface area contributed by atoms with E-state index in [1.54, 1.807) is 0 Å². The van der Waals surface area contributed by atoms with E-state index in [4.69, 9.17) is 0 Å². The van der Waals surface area contributed by atoms with E-state index in [2.05, 4.69) is 36.5 Å². The lowest BCUT2D eigenvalue weighted by Gasteiger charge is -2.10. The van der Waals surface area contributed by atoms with Crippen LogP contribution in [0, 0.1) is 0 Å². The fourth-order valence-corrected chi connectivity index (χ4v) is 2.79. The number of rotatable bonds is 7. The lowest BCUT2D eigenvalue weighted by molar-refractivity contribution is -0.121. The Morgan fingerprint density at radius 3 is 2.57 bits per heavy atom. The van der Waals surface area contributed by atoms with Crippen LogP contribution in [-0.4, -0.2) is 17.6 Å². The number of aryl methyl sites for hydroxylation is 2. The third-order valence-electron chi connectivity index (χ3n) is 3.44. The molecule has 112 valence electrons. The Morgan fingerprint density at radius 2 is 1.95 bits per heavy atom. The molecule has 0 aliphatic carbocycles. The minimum Gasteiger partial charge on any atom is -0.386 e. The molecule has 1 aromatic carbocycles.